The number of amides is 1. The summed E-state index contributed by atoms with van der Waals surface area (Å²) in [6.45, 7) is 2.40. The molecule has 7 heteroatoms. The van der Waals surface area contributed by atoms with Gasteiger partial charge in [-0.25, -0.2) is 8.42 Å². The molecule has 0 bridgehead atoms. The minimum absolute atomic E-state index is 0.233. The molecule has 0 radical (unpaired) electrons. The fourth-order valence-corrected chi connectivity index (χ4v) is 5.64. The normalized spacial score (nSPS) is 16.6. The number of nitrogens with one attached hydrogen (secondary N) is 1. The Balaban J connectivity index is 1.98. The highest BCUT2D eigenvalue weighted by Gasteiger charge is 2.31. The van der Waals surface area contributed by atoms with E-state index in [-0.39, 0.29) is 5.91 Å². The van der Waals surface area contributed by atoms with Gasteiger partial charge in [-0.3, -0.25) is 9.10 Å². The molecule has 5 nitrogen and oxygen atoms in total. The first-order valence-corrected chi connectivity index (χ1v) is 11.8. The summed E-state index contributed by atoms with van der Waals surface area (Å²) in [7, 11) is -3.55. The lowest BCUT2D eigenvalue weighted by atomic mass is 10.2. The standard InChI is InChI=1S/C18H28N2O3S2/c1-3-17(18(21)19-13-14-24-16-11-7-8-12-16)20(25(2,22)23)15-9-5-4-6-10-15/h4-6,9-10,16-17H,3,7-8,11-14H2,1-2H3,(H,19,21). The van der Waals surface area contributed by atoms with Gasteiger partial charge in [0.15, 0.2) is 0 Å². The van der Waals surface area contributed by atoms with Crippen molar-refractivity contribution < 1.29 is 13.2 Å². The van der Waals surface area contributed by atoms with Crippen LogP contribution in [0.5, 0.6) is 0 Å². The molecule has 1 unspecified atom stereocenters. The van der Waals surface area contributed by atoms with Crippen LogP contribution in [0.25, 0.3) is 0 Å². The molecule has 2 rings (SSSR count). The number of benzene rings is 1. The van der Waals surface area contributed by atoms with Crippen molar-refractivity contribution in [2.24, 2.45) is 0 Å². The van der Waals surface area contributed by atoms with Crippen LogP contribution in [-0.2, 0) is 14.8 Å². The van der Waals surface area contributed by atoms with Crippen LogP contribution in [0.15, 0.2) is 30.3 Å². The van der Waals surface area contributed by atoms with Crippen molar-refractivity contribution in [2.75, 3.05) is 22.9 Å². The van der Waals surface area contributed by atoms with E-state index in [2.05, 4.69) is 5.32 Å². The van der Waals surface area contributed by atoms with E-state index in [4.69, 9.17) is 0 Å². The van der Waals surface area contributed by atoms with Crippen LogP contribution in [-0.4, -0.2) is 44.2 Å². The van der Waals surface area contributed by atoms with E-state index in [9.17, 15) is 13.2 Å². The lowest BCUT2D eigenvalue weighted by molar-refractivity contribution is -0.122. The number of sulfonamides is 1. The minimum atomic E-state index is -3.55. The van der Waals surface area contributed by atoms with E-state index < -0.39 is 16.1 Å². The van der Waals surface area contributed by atoms with E-state index in [0.717, 1.165) is 17.3 Å². The van der Waals surface area contributed by atoms with Gasteiger partial charge in [0.1, 0.15) is 6.04 Å². The molecule has 1 saturated carbocycles. The van der Waals surface area contributed by atoms with Gasteiger partial charge in [0, 0.05) is 17.5 Å². The smallest absolute Gasteiger partial charge is 0.243 e. The molecule has 0 saturated heterocycles. The monoisotopic (exact) mass is 384 g/mol. The third kappa shape index (κ3) is 5.92. The largest absolute Gasteiger partial charge is 0.353 e. The van der Waals surface area contributed by atoms with Crippen LogP contribution in [0.1, 0.15) is 39.0 Å². The molecule has 1 aliphatic carbocycles. The first-order chi connectivity index (χ1) is 11.9. The van der Waals surface area contributed by atoms with Gasteiger partial charge >= 0.3 is 0 Å². The first-order valence-electron chi connectivity index (χ1n) is 8.87. The zero-order valence-corrected chi connectivity index (χ0v) is 16.6. The van der Waals surface area contributed by atoms with Crippen LogP contribution >= 0.6 is 11.8 Å². The lowest BCUT2D eigenvalue weighted by Crippen LogP contribution is -2.49. The Bertz CT molecular complexity index is 644. The molecular formula is C18H28N2O3S2. The van der Waals surface area contributed by atoms with Gasteiger partial charge in [0.25, 0.3) is 0 Å². The maximum atomic E-state index is 12.6. The summed E-state index contributed by atoms with van der Waals surface area (Å²) >= 11 is 1.91. The predicted molar refractivity (Wildman–Crippen MR) is 106 cm³/mol. The molecular weight excluding hydrogens is 356 g/mol. The Labute approximate surface area is 155 Å². The quantitative estimate of drug-likeness (QED) is 0.665. The van der Waals surface area contributed by atoms with E-state index in [1.807, 2.05) is 24.8 Å². The van der Waals surface area contributed by atoms with E-state index in [1.165, 1.54) is 30.0 Å². The lowest BCUT2D eigenvalue weighted by Gasteiger charge is -2.30. The van der Waals surface area contributed by atoms with Gasteiger partial charge in [-0.1, -0.05) is 38.0 Å². The topological polar surface area (TPSA) is 66.5 Å². The number of nitrogens with zero attached hydrogens (tertiary/aromatic N) is 1. The Kier molecular flexibility index (Phi) is 7.62. The molecule has 1 amide bonds. The maximum Gasteiger partial charge on any atom is 0.243 e. The maximum absolute atomic E-state index is 12.6. The molecule has 0 heterocycles. The van der Waals surface area contributed by atoms with E-state index in [1.54, 1.807) is 24.3 Å². The number of thioether (sulfide) groups is 1. The van der Waals surface area contributed by atoms with Crippen molar-refractivity contribution in [3.05, 3.63) is 30.3 Å². The van der Waals surface area contributed by atoms with Crippen molar-refractivity contribution in [3.63, 3.8) is 0 Å². The molecule has 140 valence electrons. The van der Waals surface area contributed by atoms with Crippen molar-refractivity contribution in [3.8, 4) is 0 Å². The fourth-order valence-electron chi connectivity index (χ4n) is 3.21. The van der Waals surface area contributed by atoms with Crippen LogP contribution in [0.3, 0.4) is 0 Å². The third-order valence-corrected chi connectivity index (χ3v) is 6.96. The van der Waals surface area contributed by atoms with E-state index >= 15 is 0 Å². The number of carbonyl (C=O) groups is 1. The average molecular weight is 385 g/mol. The number of para-hydroxylation sites is 1. The van der Waals surface area contributed by atoms with Crippen molar-refractivity contribution in [2.45, 2.75) is 50.3 Å². The van der Waals surface area contributed by atoms with Crippen LogP contribution in [0, 0.1) is 0 Å². The Morgan fingerprint density at radius 2 is 1.92 bits per heavy atom. The number of hydrogen-bond acceptors (Lipinski definition) is 4. The second kappa shape index (κ2) is 9.48. The molecule has 0 aromatic heterocycles. The van der Waals surface area contributed by atoms with Crippen molar-refractivity contribution in [1.82, 2.24) is 5.32 Å². The molecule has 0 aliphatic heterocycles. The predicted octanol–water partition coefficient (Wildman–Crippen LogP) is 3.02. The van der Waals surface area contributed by atoms with Gasteiger partial charge in [0.2, 0.25) is 15.9 Å². The second-order valence-electron chi connectivity index (χ2n) is 6.39. The fraction of sp³-hybridized carbons (Fsp3) is 0.611. The van der Waals surface area contributed by atoms with Crippen LogP contribution in [0.2, 0.25) is 0 Å². The molecule has 1 atom stereocenters. The molecule has 25 heavy (non-hydrogen) atoms. The highest BCUT2D eigenvalue weighted by atomic mass is 32.2. The summed E-state index contributed by atoms with van der Waals surface area (Å²) in [5, 5.41) is 3.63. The molecule has 1 N–H and O–H groups in total. The molecule has 1 aliphatic rings. The van der Waals surface area contributed by atoms with Gasteiger partial charge in [0.05, 0.1) is 11.9 Å². The molecule has 0 spiro atoms. The van der Waals surface area contributed by atoms with Gasteiger partial charge in [-0.05, 0) is 31.4 Å². The Morgan fingerprint density at radius 1 is 1.28 bits per heavy atom. The van der Waals surface area contributed by atoms with Gasteiger partial charge in [-0.2, -0.15) is 11.8 Å². The van der Waals surface area contributed by atoms with E-state index in [0.29, 0.717) is 18.7 Å². The second-order valence-corrected chi connectivity index (χ2v) is 9.65. The van der Waals surface area contributed by atoms with Crippen molar-refractivity contribution in [1.29, 1.82) is 0 Å². The summed E-state index contributed by atoms with van der Waals surface area (Å²) in [5.74, 6) is 0.639. The minimum Gasteiger partial charge on any atom is -0.353 e. The first kappa shape index (κ1) is 20.1. The average Bonchev–Trinajstić information content (AvgIpc) is 3.09. The summed E-state index contributed by atoms with van der Waals surface area (Å²) in [6, 6.07) is 8.08. The zero-order valence-electron chi connectivity index (χ0n) is 15.0. The number of hydrogen-bond donors (Lipinski definition) is 1. The Hall–Kier alpha value is -1.21. The zero-order chi connectivity index (χ0) is 18.3. The highest BCUT2D eigenvalue weighted by molar-refractivity contribution is 7.99. The molecule has 1 fully saturated rings. The number of rotatable bonds is 9. The van der Waals surface area contributed by atoms with Crippen molar-refractivity contribution >= 4 is 33.4 Å². The highest BCUT2D eigenvalue weighted by Crippen LogP contribution is 2.29. The summed E-state index contributed by atoms with van der Waals surface area (Å²) in [5.41, 5.74) is 0.521. The summed E-state index contributed by atoms with van der Waals surface area (Å²) in [6.07, 6.45) is 6.72. The SMILES string of the molecule is CCC(C(=O)NCCSC1CCCC1)N(c1ccccc1)S(C)(=O)=O. The number of anilines is 1. The van der Waals surface area contributed by atoms with Crippen LogP contribution < -0.4 is 9.62 Å². The summed E-state index contributed by atoms with van der Waals surface area (Å²) in [4.78, 5) is 12.6. The van der Waals surface area contributed by atoms with Gasteiger partial charge in [-0.15, -0.1) is 0 Å². The van der Waals surface area contributed by atoms with Crippen LogP contribution in [0.4, 0.5) is 5.69 Å². The Morgan fingerprint density at radius 3 is 2.48 bits per heavy atom. The third-order valence-electron chi connectivity index (χ3n) is 4.40. The summed E-state index contributed by atoms with van der Waals surface area (Å²) < 4.78 is 25.8. The molecule has 1 aromatic rings. The van der Waals surface area contributed by atoms with Gasteiger partial charge < -0.3 is 5.32 Å². The number of carbonyl (C=O) groups excluding carboxylic acids is 1. The molecule has 1 aromatic carbocycles.